The first-order valence-electron chi connectivity index (χ1n) is 5.86. The Balaban J connectivity index is 2.56. The molecule has 0 amide bonds. The maximum absolute atomic E-state index is 8.71. The molecule has 16 heavy (non-hydrogen) atoms. The molecule has 0 bridgehead atoms. The molecule has 0 aromatic heterocycles. The third kappa shape index (κ3) is 4.45. The Morgan fingerprint density at radius 1 is 1.12 bits per heavy atom. The van der Waals surface area contributed by atoms with Gasteiger partial charge in [0.2, 0.25) is 0 Å². The average Bonchev–Trinajstić information content (AvgIpc) is 2.33. The standard InChI is InChI=1S/C15H20O/c1-2-3-9-14-11-6-7-12-15(14)10-5-4-8-13-16/h2-3,6-7,9,11-12,16H,1,4-5,8,10,13H2/b9-3+. The van der Waals surface area contributed by atoms with Gasteiger partial charge in [0.05, 0.1) is 0 Å². The molecule has 1 heteroatoms. The minimum absolute atomic E-state index is 0.304. The summed E-state index contributed by atoms with van der Waals surface area (Å²) >= 11 is 0. The predicted octanol–water partition coefficient (Wildman–Crippen LogP) is 3.59. The molecule has 0 unspecified atom stereocenters. The van der Waals surface area contributed by atoms with Gasteiger partial charge in [0.25, 0.3) is 0 Å². The van der Waals surface area contributed by atoms with Gasteiger partial charge in [-0.15, -0.1) is 0 Å². The Kier molecular flexibility index (Phi) is 6.28. The Morgan fingerprint density at radius 3 is 2.69 bits per heavy atom. The monoisotopic (exact) mass is 216 g/mol. The molecule has 0 aliphatic heterocycles. The minimum Gasteiger partial charge on any atom is -0.396 e. The molecular weight excluding hydrogens is 196 g/mol. The van der Waals surface area contributed by atoms with Crippen LogP contribution in [0.3, 0.4) is 0 Å². The van der Waals surface area contributed by atoms with Crippen molar-refractivity contribution in [3.8, 4) is 0 Å². The van der Waals surface area contributed by atoms with Crippen LogP contribution in [0, 0.1) is 0 Å². The lowest BCUT2D eigenvalue weighted by Crippen LogP contribution is -1.91. The molecule has 1 N–H and O–H groups in total. The summed E-state index contributed by atoms with van der Waals surface area (Å²) in [4.78, 5) is 0. The zero-order valence-electron chi connectivity index (χ0n) is 9.73. The number of unbranched alkanes of at least 4 members (excludes halogenated alkanes) is 2. The average molecular weight is 216 g/mol. The zero-order valence-corrected chi connectivity index (χ0v) is 9.73. The van der Waals surface area contributed by atoms with Crippen molar-refractivity contribution in [3.05, 3.63) is 54.1 Å². The topological polar surface area (TPSA) is 20.2 Å². The number of rotatable bonds is 7. The second-order valence-corrected chi connectivity index (χ2v) is 3.83. The van der Waals surface area contributed by atoms with E-state index in [-0.39, 0.29) is 0 Å². The highest BCUT2D eigenvalue weighted by Crippen LogP contribution is 2.14. The highest BCUT2D eigenvalue weighted by atomic mass is 16.2. The fourth-order valence-corrected chi connectivity index (χ4v) is 1.70. The van der Waals surface area contributed by atoms with Crippen molar-refractivity contribution in [2.75, 3.05) is 6.61 Å². The van der Waals surface area contributed by atoms with Crippen LogP contribution in [-0.4, -0.2) is 11.7 Å². The van der Waals surface area contributed by atoms with Crippen LogP contribution in [0.2, 0.25) is 0 Å². The van der Waals surface area contributed by atoms with Gasteiger partial charge in [0.15, 0.2) is 0 Å². The van der Waals surface area contributed by atoms with Gasteiger partial charge in [0, 0.05) is 6.61 Å². The fraction of sp³-hybridized carbons (Fsp3) is 0.333. The molecule has 0 atom stereocenters. The predicted molar refractivity (Wildman–Crippen MR) is 70.3 cm³/mol. The van der Waals surface area contributed by atoms with E-state index in [9.17, 15) is 0 Å². The second kappa shape index (κ2) is 7.89. The van der Waals surface area contributed by atoms with Crippen LogP contribution in [0.15, 0.2) is 43.0 Å². The lowest BCUT2D eigenvalue weighted by molar-refractivity contribution is 0.283. The number of allylic oxidation sites excluding steroid dienone is 2. The van der Waals surface area contributed by atoms with Crippen LogP contribution in [-0.2, 0) is 6.42 Å². The molecular formula is C15H20O. The summed E-state index contributed by atoms with van der Waals surface area (Å²) in [5.41, 5.74) is 2.64. The quantitative estimate of drug-likeness (QED) is 0.545. The third-order valence-electron chi connectivity index (χ3n) is 2.57. The summed E-state index contributed by atoms with van der Waals surface area (Å²) in [5.74, 6) is 0. The van der Waals surface area contributed by atoms with E-state index in [1.165, 1.54) is 11.1 Å². The molecule has 86 valence electrons. The number of aliphatic hydroxyl groups is 1. The normalized spacial score (nSPS) is 10.8. The smallest absolute Gasteiger partial charge is 0.0431 e. The second-order valence-electron chi connectivity index (χ2n) is 3.83. The maximum atomic E-state index is 8.71. The first kappa shape index (κ1) is 12.7. The highest BCUT2D eigenvalue weighted by Gasteiger charge is 1.98. The summed E-state index contributed by atoms with van der Waals surface area (Å²) in [6.45, 7) is 3.98. The van der Waals surface area contributed by atoms with Gasteiger partial charge in [-0.1, -0.05) is 55.5 Å². The van der Waals surface area contributed by atoms with E-state index in [0.29, 0.717) is 6.61 Å². The number of aryl methyl sites for hydroxylation is 1. The molecule has 0 aliphatic carbocycles. The van der Waals surface area contributed by atoms with Crippen molar-refractivity contribution in [3.63, 3.8) is 0 Å². The zero-order chi connectivity index (χ0) is 11.6. The SMILES string of the molecule is C=C/C=C/c1ccccc1CCCCCO. The minimum atomic E-state index is 0.304. The van der Waals surface area contributed by atoms with Gasteiger partial charge < -0.3 is 5.11 Å². The van der Waals surface area contributed by atoms with E-state index in [4.69, 9.17) is 5.11 Å². The summed E-state index contributed by atoms with van der Waals surface area (Å²) in [5, 5.41) is 8.71. The van der Waals surface area contributed by atoms with E-state index >= 15 is 0 Å². The van der Waals surface area contributed by atoms with E-state index in [2.05, 4.69) is 36.9 Å². The molecule has 1 rings (SSSR count). The Hall–Kier alpha value is -1.34. The van der Waals surface area contributed by atoms with Gasteiger partial charge in [-0.25, -0.2) is 0 Å². The third-order valence-corrected chi connectivity index (χ3v) is 2.57. The lowest BCUT2D eigenvalue weighted by atomic mass is 10.0. The Bertz CT molecular complexity index is 339. The molecule has 1 aromatic carbocycles. The van der Waals surface area contributed by atoms with E-state index in [1.807, 2.05) is 6.08 Å². The lowest BCUT2D eigenvalue weighted by Gasteiger charge is -2.05. The molecule has 0 radical (unpaired) electrons. The Morgan fingerprint density at radius 2 is 1.94 bits per heavy atom. The van der Waals surface area contributed by atoms with Crippen LogP contribution in [0.5, 0.6) is 0 Å². The number of benzene rings is 1. The molecule has 0 saturated carbocycles. The molecule has 1 nitrogen and oxygen atoms in total. The molecule has 0 spiro atoms. The van der Waals surface area contributed by atoms with Crippen molar-refractivity contribution in [2.24, 2.45) is 0 Å². The van der Waals surface area contributed by atoms with Crippen molar-refractivity contribution in [1.29, 1.82) is 0 Å². The molecule has 1 aromatic rings. The summed E-state index contributed by atoms with van der Waals surface area (Å²) in [6, 6.07) is 8.43. The molecule has 0 saturated heterocycles. The first-order chi connectivity index (χ1) is 7.88. The molecule has 0 heterocycles. The van der Waals surface area contributed by atoms with E-state index in [1.54, 1.807) is 6.08 Å². The highest BCUT2D eigenvalue weighted by molar-refractivity contribution is 5.55. The summed E-state index contributed by atoms with van der Waals surface area (Å²) in [7, 11) is 0. The summed E-state index contributed by atoms with van der Waals surface area (Å²) < 4.78 is 0. The van der Waals surface area contributed by atoms with Crippen LogP contribution in [0.25, 0.3) is 6.08 Å². The fourth-order valence-electron chi connectivity index (χ4n) is 1.70. The Labute approximate surface area is 98.1 Å². The van der Waals surface area contributed by atoms with Crippen molar-refractivity contribution >= 4 is 6.08 Å². The van der Waals surface area contributed by atoms with Crippen LogP contribution < -0.4 is 0 Å². The van der Waals surface area contributed by atoms with Crippen LogP contribution >= 0.6 is 0 Å². The van der Waals surface area contributed by atoms with Gasteiger partial charge in [-0.05, 0) is 30.4 Å². The summed E-state index contributed by atoms with van der Waals surface area (Å²) in [6.07, 6.45) is 10.1. The number of hydrogen-bond donors (Lipinski definition) is 1. The first-order valence-corrected chi connectivity index (χ1v) is 5.86. The van der Waals surface area contributed by atoms with Gasteiger partial charge in [-0.3, -0.25) is 0 Å². The van der Waals surface area contributed by atoms with Crippen molar-refractivity contribution in [2.45, 2.75) is 25.7 Å². The van der Waals surface area contributed by atoms with Gasteiger partial charge in [0.1, 0.15) is 0 Å². The van der Waals surface area contributed by atoms with Gasteiger partial charge in [-0.2, -0.15) is 0 Å². The van der Waals surface area contributed by atoms with Gasteiger partial charge >= 0.3 is 0 Å². The molecule has 0 aliphatic rings. The van der Waals surface area contributed by atoms with Crippen molar-refractivity contribution in [1.82, 2.24) is 0 Å². The molecule has 0 fully saturated rings. The van der Waals surface area contributed by atoms with E-state index in [0.717, 1.165) is 25.7 Å². The largest absolute Gasteiger partial charge is 0.396 e. The van der Waals surface area contributed by atoms with E-state index < -0.39 is 0 Å². The number of aliphatic hydroxyl groups excluding tert-OH is 1. The van der Waals surface area contributed by atoms with Crippen molar-refractivity contribution < 1.29 is 5.11 Å². The number of hydrogen-bond acceptors (Lipinski definition) is 1. The van der Waals surface area contributed by atoms with Crippen LogP contribution in [0.1, 0.15) is 30.4 Å². The van der Waals surface area contributed by atoms with Crippen LogP contribution in [0.4, 0.5) is 0 Å². The maximum Gasteiger partial charge on any atom is 0.0431 e.